The van der Waals surface area contributed by atoms with Crippen molar-refractivity contribution in [3.8, 4) is 5.75 Å². The van der Waals surface area contributed by atoms with E-state index in [4.69, 9.17) is 10.5 Å². The topological polar surface area (TPSA) is 64.3 Å². The second kappa shape index (κ2) is 7.09. The van der Waals surface area contributed by atoms with E-state index < -0.39 is 11.7 Å². The SMILES string of the molecule is CC(C)Oc1ccc(NC(=O)CN)c(F)c1.Cl. The lowest BCUT2D eigenvalue weighted by atomic mass is 10.2. The van der Waals surface area contributed by atoms with Crippen LogP contribution >= 0.6 is 12.4 Å². The van der Waals surface area contributed by atoms with Crippen LogP contribution in [0.5, 0.6) is 5.75 Å². The second-order valence-electron chi connectivity index (χ2n) is 3.56. The molecule has 0 aliphatic carbocycles. The maximum absolute atomic E-state index is 13.5. The lowest BCUT2D eigenvalue weighted by Crippen LogP contribution is -2.22. The third-order valence-electron chi connectivity index (χ3n) is 1.77. The summed E-state index contributed by atoms with van der Waals surface area (Å²) < 4.78 is 18.8. The van der Waals surface area contributed by atoms with Crippen LogP contribution in [0.2, 0.25) is 0 Å². The predicted molar refractivity (Wildman–Crippen MR) is 67.1 cm³/mol. The highest BCUT2D eigenvalue weighted by molar-refractivity contribution is 5.92. The van der Waals surface area contributed by atoms with Crippen LogP contribution in [0.15, 0.2) is 18.2 Å². The molecule has 3 N–H and O–H groups in total. The quantitative estimate of drug-likeness (QED) is 0.872. The molecule has 1 aromatic carbocycles. The molecule has 1 rings (SSSR count). The van der Waals surface area contributed by atoms with E-state index in [0.717, 1.165) is 0 Å². The van der Waals surface area contributed by atoms with E-state index in [2.05, 4.69) is 5.32 Å². The number of benzene rings is 1. The summed E-state index contributed by atoms with van der Waals surface area (Å²) in [6.07, 6.45) is -0.0242. The maximum Gasteiger partial charge on any atom is 0.238 e. The second-order valence-corrected chi connectivity index (χ2v) is 3.56. The average molecular weight is 263 g/mol. The number of carbonyl (C=O) groups excluding carboxylic acids is 1. The van der Waals surface area contributed by atoms with Crippen LogP contribution in [0.4, 0.5) is 10.1 Å². The minimum atomic E-state index is -0.542. The molecule has 0 unspecified atom stereocenters. The summed E-state index contributed by atoms with van der Waals surface area (Å²) in [6, 6.07) is 4.27. The highest BCUT2D eigenvalue weighted by Gasteiger charge is 2.07. The molecule has 0 spiro atoms. The fourth-order valence-electron chi connectivity index (χ4n) is 1.14. The molecule has 0 heterocycles. The van der Waals surface area contributed by atoms with Crippen molar-refractivity contribution in [2.45, 2.75) is 20.0 Å². The first-order valence-electron chi connectivity index (χ1n) is 4.99. The molecule has 6 heteroatoms. The zero-order valence-corrected chi connectivity index (χ0v) is 10.5. The number of hydrogen-bond donors (Lipinski definition) is 2. The molecular weight excluding hydrogens is 247 g/mol. The van der Waals surface area contributed by atoms with Crippen LogP contribution in [0.25, 0.3) is 0 Å². The van der Waals surface area contributed by atoms with E-state index in [-0.39, 0.29) is 30.7 Å². The number of anilines is 1. The minimum Gasteiger partial charge on any atom is -0.491 e. The van der Waals surface area contributed by atoms with Crippen molar-refractivity contribution in [2.24, 2.45) is 5.73 Å². The van der Waals surface area contributed by atoms with E-state index in [0.29, 0.717) is 5.75 Å². The van der Waals surface area contributed by atoms with Crippen LogP contribution in [0, 0.1) is 5.82 Å². The van der Waals surface area contributed by atoms with Gasteiger partial charge in [-0.3, -0.25) is 4.79 Å². The minimum absolute atomic E-state index is 0. The largest absolute Gasteiger partial charge is 0.491 e. The van der Waals surface area contributed by atoms with E-state index in [1.54, 1.807) is 6.07 Å². The Bertz CT molecular complexity index is 386. The van der Waals surface area contributed by atoms with Gasteiger partial charge >= 0.3 is 0 Å². The molecule has 0 saturated heterocycles. The molecular formula is C11H16ClFN2O2. The molecule has 1 aromatic rings. The zero-order chi connectivity index (χ0) is 12.1. The van der Waals surface area contributed by atoms with E-state index in [1.807, 2.05) is 13.8 Å². The highest BCUT2D eigenvalue weighted by atomic mass is 35.5. The van der Waals surface area contributed by atoms with Gasteiger partial charge < -0.3 is 15.8 Å². The van der Waals surface area contributed by atoms with Crippen LogP contribution in [0.3, 0.4) is 0 Å². The smallest absolute Gasteiger partial charge is 0.238 e. The van der Waals surface area contributed by atoms with Gasteiger partial charge in [-0.15, -0.1) is 12.4 Å². The summed E-state index contributed by atoms with van der Waals surface area (Å²) >= 11 is 0. The summed E-state index contributed by atoms with van der Waals surface area (Å²) in [6.45, 7) is 3.52. The molecule has 0 aliphatic rings. The van der Waals surface area contributed by atoms with Crippen LogP contribution in [-0.4, -0.2) is 18.6 Å². The third-order valence-corrected chi connectivity index (χ3v) is 1.77. The highest BCUT2D eigenvalue weighted by Crippen LogP contribution is 2.21. The molecule has 0 aliphatic heterocycles. The van der Waals surface area contributed by atoms with Crippen molar-refractivity contribution >= 4 is 24.0 Å². The number of nitrogens with one attached hydrogen (secondary N) is 1. The van der Waals surface area contributed by atoms with E-state index >= 15 is 0 Å². The lowest BCUT2D eigenvalue weighted by molar-refractivity contribution is -0.114. The number of amides is 1. The summed E-state index contributed by atoms with van der Waals surface area (Å²) in [5.74, 6) is -0.547. The van der Waals surface area contributed by atoms with Crippen molar-refractivity contribution in [1.29, 1.82) is 0 Å². The van der Waals surface area contributed by atoms with Crippen molar-refractivity contribution in [3.63, 3.8) is 0 Å². The molecule has 0 aromatic heterocycles. The predicted octanol–water partition coefficient (Wildman–Crippen LogP) is 1.93. The Morgan fingerprint density at radius 3 is 2.65 bits per heavy atom. The number of nitrogens with two attached hydrogens (primary N) is 1. The summed E-state index contributed by atoms with van der Waals surface area (Å²) in [5.41, 5.74) is 5.21. The number of carbonyl (C=O) groups is 1. The van der Waals surface area contributed by atoms with Crippen molar-refractivity contribution in [3.05, 3.63) is 24.0 Å². The Balaban J connectivity index is 0.00000256. The normalized spacial score (nSPS) is 9.71. The Morgan fingerprint density at radius 2 is 2.18 bits per heavy atom. The molecule has 1 amide bonds. The van der Waals surface area contributed by atoms with E-state index in [1.165, 1.54) is 12.1 Å². The Kier molecular flexibility index (Phi) is 6.53. The van der Waals surface area contributed by atoms with Gasteiger partial charge in [0.2, 0.25) is 5.91 Å². The first kappa shape index (κ1) is 15.7. The van der Waals surface area contributed by atoms with Crippen molar-refractivity contribution in [2.75, 3.05) is 11.9 Å². The molecule has 0 bridgehead atoms. The van der Waals surface area contributed by atoms with Gasteiger partial charge in [-0.2, -0.15) is 0 Å². The zero-order valence-electron chi connectivity index (χ0n) is 9.70. The number of hydrogen-bond acceptors (Lipinski definition) is 3. The van der Waals surface area contributed by atoms with Gasteiger partial charge in [0.25, 0.3) is 0 Å². The first-order chi connectivity index (χ1) is 7.52. The van der Waals surface area contributed by atoms with Crippen molar-refractivity contribution in [1.82, 2.24) is 0 Å². The van der Waals surface area contributed by atoms with Gasteiger partial charge in [-0.05, 0) is 26.0 Å². The third kappa shape index (κ3) is 5.01. The standard InChI is InChI=1S/C11H15FN2O2.ClH/c1-7(2)16-8-3-4-10(9(12)5-8)14-11(15)6-13;/h3-5,7H,6,13H2,1-2H3,(H,14,15);1H. The molecule has 0 saturated carbocycles. The summed E-state index contributed by atoms with van der Waals surface area (Å²) in [7, 11) is 0. The Hall–Kier alpha value is -1.33. The molecule has 4 nitrogen and oxygen atoms in total. The van der Waals surface area contributed by atoms with Gasteiger partial charge in [0.05, 0.1) is 18.3 Å². The molecule has 0 radical (unpaired) electrons. The van der Waals surface area contributed by atoms with Gasteiger partial charge in [0.15, 0.2) is 0 Å². The molecule has 0 fully saturated rings. The molecule has 96 valence electrons. The summed E-state index contributed by atoms with van der Waals surface area (Å²) in [4.78, 5) is 11.0. The maximum atomic E-state index is 13.5. The monoisotopic (exact) mass is 262 g/mol. The fraction of sp³-hybridized carbons (Fsp3) is 0.364. The molecule has 17 heavy (non-hydrogen) atoms. The van der Waals surface area contributed by atoms with E-state index in [9.17, 15) is 9.18 Å². The van der Waals surface area contributed by atoms with Crippen LogP contribution in [0.1, 0.15) is 13.8 Å². The van der Waals surface area contributed by atoms with Crippen molar-refractivity contribution < 1.29 is 13.9 Å². The number of rotatable bonds is 4. The van der Waals surface area contributed by atoms with Gasteiger partial charge in [-0.25, -0.2) is 4.39 Å². The first-order valence-corrected chi connectivity index (χ1v) is 4.99. The van der Waals surface area contributed by atoms with Gasteiger partial charge in [0, 0.05) is 6.07 Å². The lowest BCUT2D eigenvalue weighted by Gasteiger charge is -2.11. The number of halogens is 2. The van der Waals surface area contributed by atoms with Gasteiger partial charge in [-0.1, -0.05) is 0 Å². The Morgan fingerprint density at radius 1 is 1.53 bits per heavy atom. The Labute approximate surface area is 106 Å². The summed E-state index contributed by atoms with van der Waals surface area (Å²) in [5, 5.41) is 2.35. The van der Waals surface area contributed by atoms with Crippen LogP contribution in [-0.2, 0) is 4.79 Å². The average Bonchev–Trinajstić information content (AvgIpc) is 2.21. The molecule has 0 atom stereocenters. The van der Waals surface area contributed by atoms with Gasteiger partial charge in [0.1, 0.15) is 11.6 Å². The number of ether oxygens (including phenoxy) is 1. The fourth-order valence-corrected chi connectivity index (χ4v) is 1.14. The van der Waals surface area contributed by atoms with Crippen LogP contribution < -0.4 is 15.8 Å².